The highest BCUT2D eigenvalue weighted by Crippen LogP contribution is 2.27. The van der Waals surface area contributed by atoms with Gasteiger partial charge in [0.05, 0.1) is 0 Å². The van der Waals surface area contributed by atoms with Gasteiger partial charge in [-0.25, -0.2) is 0 Å². The molecule has 0 unspecified atom stereocenters. The summed E-state index contributed by atoms with van der Waals surface area (Å²) in [4.78, 5) is 24.7. The number of aryl methyl sites for hydroxylation is 1. The molecule has 0 saturated heterocycles. The third kappa shape index (κ3) is 1.42. The number of ketones is 2. The largest absolute Gasteiger partial charge is 1.00 e. The van der Waals surface area contributed by atoms with Gasteiger partial charge in [0.2, 0.25) is 0 Å². The Labute approximate surface area is 107 Å². The molecule has 2 heteroatoms. The zero-order valence-electron chi connectivity index (χ0n) is 11.1. The highest BCUT2D eigenvalue weighted by atomic mass is 16.1. The van der Waals surface area contributed by atoms with Gasteiger partial charge in [-0.15, -0.1) is 0 Å². The van der Waals surface area contributed by atoms with Gasteiger partial charge in [-0.1, -0.05) is 43.3 Å². The van der Waals surface area contributed by atoms with Crippen molar-refractivity contribution < 1.29 is 11.0 Å². The monoisotopic (exact) mass is 237 g/mol. The van der Waals surface area contributed by atoms with Crippen molar-refractivity contribution in [2.75, 3.05) is 0 Å². The Morgan fingerprint density at radius 3 is 2.00 bits per heavy atom. The van der Waals surface area contributed by atoms with Gasteiger partial charge in [0.1, 0.15) is 0 Å². The molecule has 3 rings (SSSR count). The van der Waals surface area contributed by atoms with Gasteiger partial charge in [0.25, 0.3) is 0 Å². The maximum atomic E-state index is 12.4. The quantitative estimate of drug-likeness (QED) is 0.651. The number of hydrogen-bond donors (Lipinski definition) is 0. The maximum absolute atomic E-state index is 12.4. The SMILES string of the molecule is CCc1ccc2c(c1)C(=O)c1ccccc1C2=O.[H+]. The molecule has 0 N–H and O–H groups in total. The number of hydrogen-bond acceptors (Lipinski definition) is 2. The van der Waals surface area contributed by atoms with E-state index in [9.17, 15) is 9.59 Å². The molecule has 0 heterocycles. The van der Waals surface area contributed by atoms with Crippen LogP contribution in [0.3, 0.4) is 0 Å². The molecule has 0 bridgehead atoms. The van der Waals surface area contributed by atoms with Crippen molar-refractivity contribution in [1.82, 2.24) is 0 Å². The predicted octanol–water partition coefficient (Wildman–Crippen LogP) is 3.14. The van der Waals surface area contributed by atoms with Crippen LogP contribution in [0.1, 0.15) is 45.8 Å². The van der Waals surface area contributed by atoms with E-state index >= 15 is 0 Å². The van der Waals surface area contributed by atoms with Crippen molar-refractivity contribution in [2.45, 2.75) is 13.3 Å². The van der Waals surface area contributed by atoms with Crippen LogP contribution in [0.15, 0.2) is 42.5 Å². The van der Waals surface area contributed by atoms with Crippen molar-refractivity contribution in [2.24, 2.45) is 0 Å². The Balaban J connectivity index is 0.00000133. The summed E-state index contributed by atoms with van der Waals surface area (Å²) in [5, 5.41) is 0. The lowest BCUT2D eigenvalue weighted by molar-refractivity contribution is 0.0979. The normalized spacial score (nSPS) is 13.2. The standard InChI is InChI=1S/C16H12O2/c1-2-10-7-8-13-14(9-10)16(18)12-6-4-3-5-11(12)15(13)17/h3-9H,2H2,1H3/p+1. The minimum atomic E-state index is -0.0529. The van der Waals surface area contributed by atoms with Crippen molar-refractivity contribution >= 4 is 11.6 Å². The Morgan fingerprint density at radius 2 is 1.39 bits per heavy atom. The Kier molecular flexibility index (Phi) is 2.37. The van der Waals surface area contributed by atoms with Crippen LogP contribution in [0.4, 0.5) is 0 Å². The lowest BCUT2D eigenvalue weighted by Crippen LogP contribution is -2.20. The van der Waals surface area contributed by atoms with E-state index in [1.807, 2.05) is 19.1 Å². The Bertz CT molecular complexity index is 674. The molecule has 2 aromatic rings. The molecule has 88 valence electrons. The van der Waals surface area contributed by atoms with Gasteiger partial charge in [-0.05, 0) is 18.1 Å². The van der Waals surface area contributed by atoms with Gasteiger partial charge in [-0.3, -0.25) is 9.59 Å². The molecule has 0 atom stereocenters. The molecule has 2 aromatic carbocycles. The topological polar surface area (TPSA) is 34.1 Å². The second-order valence-corrected chi connectivity index (χ2v) is 4.44. The molecular formula is C16H13O2+. The first kappa shape index (κ1) is 10.9. The van der Waals surface area contributed by atoms with Gasteiger partial charge in [-0.2, -0.15) is 0 Å². The van der Waals surface area contributed by atoms with Crippen LogP contribution in [0.25, 0.3) is 0 Å². The number of fused-ring (bicyclic) bond motifs is 2. The Morgan fingerprint density at radius 1 is 0.833 bits per heavy atom. The van der Waals surface area contributed by atoms with Crippen LogP contribution in [0, 0.1) is 0 Å². The summed E-state index contributed by atoms with van der Waals surface area (Å²) in [6.07, 6.45) is 0.858. The summed E-state index contributed by atoms with van der Waals surface area (Å²) in [6.45, 7) is 2.03. The van der Waals surface area contributed by atoms with Crippen LogP contribution >= 0.6 is 0 Å². The highest BCUT2D eigenvalue weighted by molar-refractivity contribution is 6.28. The molecular weight excluding hydrogens is 224 g/mol. The van der Waals surface area contributed by atoms with Crippen LogP contribution in [-0.4, -0.2) is 11.6 Å². The van der Waals surface area contributed by atoms with E-state index in [0.717, 1.165) is 12.0 Å². The molecule has 2 nitrogen and oxygen atoms in total. The first-order valence-electron chi connectivity index (χ1n) is 6.03. The Hall–Kier alpha value is -2.22. The molecule has 0 fully saturated rings. The fraction of sp³-hybridized carbons (Fsp3) is 0.125. The molecule has 0 saturated carbocycles. The average Bonchev–Trinajstić information content (AvgIpc) is 2.44. The zero-order chi connectivity index (χ0) is 12.7. The number of benzene rings is 2. The summed E-state index contributed by atoms with van der Waals surface area (Å²) in [5.74, 6) is -0.0987. The van der Waals surface area contributed by atoms with E-state index < -0.39 is 0 Å². The second kappa shape index (κ2) is 3.91. The van der Waals surface area contributed by atoms with E-state index in [2.05, 4.69) is 0 Å². The van der Waals surface area contributed by atoms with Gasteiger partial charge >= 0.3 is 1.43 Å². The summed E-state index contributed by atoms with van der Waals surface area (Å²) in [7, 11) is 0. The van der Waals surface area contributed by atoms with Crippen LogP contribution in [0.5, 0.6) is 0 Å². The zero-order valence-corrected chi connectivity index (χ0v) is 10.1. The van der Waals surface area contributed by atoms with E-state index in [0.29, 0.717) is 22.3 Å². The summed E-state index contributed by atoms with van der Waals surface area (Å²) < 4.78 is 0. The van der Waals surface area contributed by atoms with Crippen molar-refractivity contribution in [1.29, 1.82) is 0 Å². The fourth-order valence-electron chi connectivity index (χ4n) is 2.37. The van der Waals surface area contributed by atoms with Crippen molar-refractivity contribution in [3.05, 3.63) is 70.3 Å². The van der Waals surface area contributed by atoms with Gasteiger partial charge in [0, 0.05) is 22.3 Å². The molecule has 0 aromatic heterocycles. The third-order valence-electron chi connectivity index (χ3n) is 3.40. The lowest BCUT2D eigenvalue weighted by Gasteiger charge is -2.17. The second-order valence-electron chi connectivity index (χ2n) is 4.44. The van der Waals surface area contributed by atoms with Crippen molar-refractivity contribution in [3.63, 3.8) is 0 Å². The van der Waals surface area contributed by atoms with E-state index in [1.54, 1.807) is 30.3 Å². The first-order chi connectivity index (χ1) is 8.72. The molecule has 18 heavy (non-hydrogen) atoms. The van der Waals surface area contributed by atoms with E-state index in [-0.39, 0.29) is 13.0 Å². The average molecular weight is 237 g/mol. The highest BCUT2D eigenvalue weighted by Gasteiger charge is 2.28. The maximum Gasteiger partial charge on any atom is 1.00 e. The lowest BCUT2D eigenvalue weighted by atomic mass is 9.83. The molecule has 0 radical (unpaired) electrons. The number of rotatable bonds is 1. The van der Waals surface area contributed by atoms with E-state index in [4.69, 9.17) is 0 Å². The van der Waals surface area contributed by atoms with Crippen LogP contribution in [0.2, 0.25) is 0 Å². The molecule has 0 spiro atoms. The molecule has 0 amide bonds. The third-order valence-corrected chi connectivity index (χ3v) is 3.40. The first-order valence-corrected chi connectivity index (χ1v) is 6.03. The predicted molar refractivity (Wildman–Crippen MR) is 70.2 cm³/mol. The molecule has 0 aliphatic heterocycles. The number of carbonyl (C=O) groups is 2. The van der Waals surface area contributed by atoms with E-state index in [1.165, 1.54) is 0 Å². The minimum absolute atomic E-state index is 0. The summed E-state index contributed by atoms with van der Waals surface area (Å²) in [5.41, 5.74) is 3.17. The smallest absolute Gasteiger partial charge is 0.289 e. The van der Waals surface area contributed by atoms with Crippen LogP contribution < -0.4 is 0 Å². The molecule has 1 aliphatic carbocycles. The van der Waals surface area contributed by atoms with Gasteiger partial charge in [0.15, 0.2) is 11.6 Å². The summed E-state index contributed by atoms with van der Waals surface area (Å²) in [6, 6.07) is 12.5. The summed E-state index contributed by atoms with van der Waals surface area (Å²) >= 11 is 0. The number of carbonyl (C=O) groups excluding carboxylic acids is 2. The van der Waals surface area contributed by atoms with Gasteiger partial charge < -0.3 is 0 Å². The van der Waals surface area contributed by atoms with Crippen molar-refractivity contribution in [3.8, 4) is 0 Å². The minimum Gasteiger partial charge on any atom is -0.289 e. The molecule has 1 aliphatic rings. The fourth-order valence-corrected chi connectivity index (χ4v) is 2.37. The van der Waals surface area contributed by atoms with Crippen LogP contribution in [-0.2, 0) is 6.42 Å².